The van der Waals surface area contributed by atoms with Crippen molar-refractivity contribution in [2.45, 2.75) is 300 Å². The molecule has 32 heteroatoms. The molecule has 5 aliphatic carbocycles. The number of allylic oxidation sites excluding steroid dienone is 1. The minimum absolute atomic E-state index is 0.0516. The average Bonchev–Trinajstić information content (AvgIpc) is 1.46. The fourth-order valence-corrected chi connectivity index (χ4v) is 19.4. The summed E-state index contributed by atoms with van der Waals surface area (Å²) >= 11 is 0. The predicted molar refractivity (Wildman–Crippen MR) is 357 cm³/mol. The van der Waals surface area contributed by atoms with Crippen LogP contribution in [0.15, 0.2) is 11.6 Å². The summed E-state index contributed by atoms with van der Waals surface area (Å²) in [5, 5.41) is 0. The molecular weight excluding hydrogens is 1400 g/mol. The monoisotopic (exact) mass is 1510 g/mol. The van der Waals surface area contributed by atoms with Gasteiger partial charge in [0.05, 0.1) is 18.8 Å². The van der Waals surface area contributed by atoms with Crippen LogP contribution in [0.2, 0.25) is 0 Å². The topological polar surface area (TPSA) is 397 Å². The lowest BCUT2D eigenvalue weighted by atomic mass is 9.41. The molecule has 594 valence electrons. The van der Waals surface area contributed by atoms with Crippen LogP contribution < -0.4 is 0 Å². The molecule has 5 saturated carbocycles. The molecule has 0 bridgehead atoms. The van der Waals surface area contributed by atoms with Crippen LogP contribution in [-0.4, -0.2) is 214 Å². The molecule has 0 radical (unpaired) electrons. The van der Waals surface area contributed by atoms with E-state index in [-0.39, 0.29) is 31.3 Å². The maximum absolute atomic E-state index is 13.7. The summed E-state index contributed by atoms with van der Waals surface area (Å²) < 4.78 is 116. The van der Waals surface area contributed by atoms with Gasteiger partial charge in [-0.1, -0.05) is 39.3 Å². The molecule has 106 heavy (non-hydrogen) atoms. The zero-order chi connectivity index (χ0) is 78.6. The van der Waals surface area contributed by atoms with Gasteiger partial charge in [0.1, 0.15) is 44.2 Å². The van der Waals surface area contributed by atoms with Crippen molar-refractivity contribution in [1.29, 1.82) is 0 Å². The molecule has 3 aliphatic heterocycles. The van der Waals surface area contributed by atoms with Crippen molar-refractivity contribution in [3.8, 4) is 0 Å². The van der Waals surface area contributed by atoms with Crippen LogP contribution in [0.3, 0.4) is 0 Å². The summed E-state index contributed by atoms with van der Waals surface area (Å²) in [6.45, 7) is 25.2. The first-order chi connectivity index (χ1) is 49.5. The first kappa shape index (κ1) is 84.2. The van der Waals surface area contributed by atoms with Gasteiger partial charge in [0.15, 0.2) is 73.8 Å². The fraction of sp³-hybridized carbons (Fsp3) is 0.797. The van der Waals surface area contributed by atoms with Crippen molar-refractivity contribution in [2.75, 3.05) is 26.4 Å². The van der Waals surface area contributed by atoms with Gasteiger partial charge < -0.3 is 90.0 Å². The van der Waals surface area contributed by atoms with Gasteiger partial charge in [0, 0.05) is 101 Å². The number of carbonyl (C=O) groups is 13. The second-order valence-electron chi connectivity index (χ2n) is 30.6. The summed E-state index contributed by atoms with van der Waals surface area (Å²) in [6.07, 6.45) is -19.1. The lowest BCUT2D eigenvalue weighted by Crippen LogP contribution is -2.65. The zero-order valence-electron chi connectivity index (χ0n) is 64.0. The zero-order valence-corrected chi connectivity index (χ0v) is 64.0. The molecule has 0 aromatic heterocycles. The highest BCUT2D eigenvalue weighted by Gasteiger charge is 2.84. The van der Waals surface area contributed by atoms with Gasteiger partial charge in [-0.2, -0.15) is 0 Å². The fourth-order valence-electron chi connectivity index (χ4n) is 19.4. The van der Waals surface area contributed by atoms with Gasteiger partial charge in [-0.3, -0.25) is 62.3 Å². The highest BCUT2D eigenvalue weighted by Crippen LogP contribution is 2.89. The summed E-state index contributed by atoms with van der Waals surface area (Å²) in [7, 11) is 0. The third-order valence-corrected chi connectivity index (χ3v) is 23.1. The van der Waals surface area contributed by atoms with Crippen LogP contribution in [0.25, 0.3) is 0 Å². The van der Waals surface area contributed by atoms with E-state index < -0.39 is 247 Å². The third-order valence-electron chi connectivity index (χ3n) is 23.1. The smallest absolute Gasteiger partial charge is 0.303 e. The summed E-state index contributed by atoms with van der Waals surface area (Å²) in [5.74, 6) is -11.7. The predicted octanol–water partition coefficient (Wildman–Crippen LogP) is 5.98. The van der Waals surface area contributed by atoms with E-state index in [0.717, 1.165) is 81.7 Å². The van der Waals surface area contributed by atoms with E-state index >= 15 is 0 Å². The maximum atomic E-state index is 13.7. The molecule has 0 aromatic carbocycles. The molecule has 0 unspecified atom stereocenters. The SMILES string of the molecule is CC(=O)OC[C@H]1O[C@@H](O[C@H]2CC[C@]34C[C@]35CC[C@]3(C)[C@@H]([C@H](C)[C@H](CC=C(C)C)O[C@@H]6O[C@H](COC(C)=O)[C@@H](OC(C)=O)[C@H](OC(C)=O)[C@H]6OC(C)=O)[C@@H](OC(C)=O)C[C@@]3(C)[C@@H]5CC[C@H]4[C@]2(C)CO[C@@H]2O[C@H](COC(C)=O)[C@@H](OC(C)=O)[C@H](OC(C)=O)[C@H]2OC(C)=O)[C@H](OC(C)=O)[C@@H](OC(C)=O)[C@H]1OC(C)=O. The Balaban J connectivity index is 1.22. The molecule has 0 aromatic rings. The first-order valence-electron chi connectivity index (χ1n) is 36.2. The van der Waals surface area contributed by atoms with Crippen molar-refractivity contribution >= 4 is 77.6 Å². The number of carbonyl (C=O) groups excluding carboxylic acids is 13. The van der Waals surface area contributed by atoms with Crippen LogP contribution >= 0.6 is 0 Å². The van der Waals surface area contributed by atoms with E-state index in [4.69, 9.17) is 90.0 Å². The molecule has 27 atom stereocenters. The molecule has 32 nitrogen and oxygen atoms in total. The van der Waals surface area contributed by atoms with Crippen LogP contribution in [0.1, 0.15) is 189 Å². The minimum atomic E-state index is -1.66. The van der Waals surface area contributed by atoms with Crippen molar-refractivity contribution in [2.24, 2.45) is 50.7 Å². The number of fused-ring (bicyclic) bond motifs is 2. The molecule has 2 spiro atoms. The summed E-state index contributed by atoms with van der Waals surface area (Å²) in [5.41, 5.74) is -2.47. The lowest BCUT2D eigenvalue weighted by molar-refractivity contribution is -0.342. The molecule has 8 rings (SSSR count). The van der Waals surface area contributed by atoms with E-state index in [9.17, 15) is 62.3 Å². The number of hydrogen-bond donors (Lipinski definition) is 0. The normalized spacial score (nSPS) is 38.1. The Labute approximate surface area is 616 Å². The second-order valence-corrected chi connectivity index (χ2v) is 30.6. The Kier molecular flexibility index (Phi) is 27.0. The molecule has 8 fully saturated rings. The van der Waals surface area contributed by atoms with E-state index in [1.165, 1.54) is 13.8 Å². The van der Waals surface area contributed by atoms with Crippen molar-refractivity contribution < 1.29 is 152 Å². The quantitative estimate of drug-likeness (QED) is 0.0395. The Morgan fingerprint density at radius 1 is 0.406 bits per heavy atom. The minimum Gasteiger partial charge on any atom is -0.463 e. The lowest BCUT2D eigenvalue weighted by Gasteiger charge is -2.64. The van der Waals surface area contributed by atoms with Crippen LogP contribution in [0.5, 0.6) is 0 Å². The average molecular weight is 1510 g/mol. The van der Waals surface area contributed by atoms with Gasteiger partial charge >= 0.3 is 77.6 Å². The van der Waals surface area contributed by atoms with Gasteiger partial charge in [0.2, 0.25) is 0 Å². The number of rotatable bonds is 27. The van der Waals surface area contributed by atoms with E-state index in [0.29, 0.717) is 44.9 Å². The Hall–Kier alpha value is -7.39. The highest BCUT2D eigenvalue weighted by molar-refractivity contribution is 5.71. The van der Waals surface area contributed by atoms with Gasteiger partial charge in [0.25, 0.3) is 0 Å². The van der Waals surface area contributed by atoms with Gasteiger partial charge in [-0.05, 0) is 111 Å². The van der Waals surface area contributed by atoms with Crippen LogP contribution in [-0.2, 0) is 152 Å². The molecule has 3 heterocycles. The van der Waals surface area contributed by atoms with E-state index in [1.54, 1.807) is 0 Å². The molecule has 8 aliphatic rings. The second kappa shape index (κ2) is 34.0. The number of hydrogen-bond acceptors (Lipinski definition) is 32. The molecule has 0 amide bonds. The van der Waals surface area contributed by atoms with E-state index in [2.05, 4.69) is 13.8 Å². The van der Waals surface area contributed by atoms with Crippen LogP contribution in [0.4, 0.5) is 0 Å². The first-order valence-corrected chi connectivity index (χ1v) is 36.2. The third kappa shape index (κ3) is 18.3. The molecule has 3 saturated heterocycles. The van der Waals surface area contributed by atoms with Crippen LogP contribution in [0, 0.1) is 50.7 Å². The Morgan fingerprint density at radius 2 is 0.774 bits per heavy atom. The number of esters is 13. The Bertz CT molecular complexity index is 3350. The number of ether oxygens (including phenoxy) is 19. The van der Waals surface area contributed by atoms with Gasteiger partial charge in [-0.15, -0.1) is 0 Å². The van der Waals surface area contributed by atoms with Crippen molar-refractivity contribution in [3.05, 3.63) is 11.6 Å². The standard InChI is InChI=1S/C74H106O32/c1-34(2)20-21-49(102-68-65(100-47(15)86)62(97-44(12)83)59(94-41(9)80)52(104-68)30-89-37(5)76)35(3)57-50(92-39(7)78)28-72(19)55-23-22-54-70(17,33-91-67-64(99-46(14)85)61(96-43(11)82)58(93-40(8)79)51(103-67)29-88-36(4)75)56(24-25-73(54)32-74(55,73)27-26-71(57,72)18)106-69-66(101-48(16)87)63(98-45(13)84)60(95-42(10)81)53(105-69)31-90-38(6)77/h20,35,49-69H,21-33H2,1-19H3/t35-,49+,50+,51-,52-,53-,54+,55+,56+,57+,58-,59-,60+,61+,62+,63+,64-,65-,66-,67-,68-,69+,70+,71-,72+,73-,74+/m1/s1. The van der Waals surface area contributed by atoms with Crippen molar-refractivity contribution in [1.82, 2.24) is 0 Å². The summed E-state index contributed by atoms with van der Waals surface area (Å²) in [6, 6.07) is 0. The van der Waals surface area contributed by atoms with Crippen molar-refractivity contribution in [3.63, 3.8) is 0 Å². The maximum Gasteiger partial charge on any atom is 0.303 e. The highest BCUT2D eigenvalue weighted by atomic mass is 16.8. The summed E-state index contributed by atoms with van der Waals surface area (Å²) in [4.78, 5) is 168. The molecular formula is C74H106O32. The Morgan fingerprint density at radius 3 is 1.19 bits per heavy atom. The largest absolute Gasteiger partial charge is 0.463 e. The molecule has 0 N–H and O–H groups in total. The van der Waals surface area contributed by atoms with E-state index in [1.807, 2.05) is 33.8 Å². The van der Waals surface area contributed by atoms with Gasteiger partial charge in [-0.25, -0.2) is 0 Å².